The Bertz CT molecular complexity index is 1150. The highest BCUT2D eigenvalue weighted by Gasteiger charge is 2.19. The number of carbonyl (C=O) groups excluding carboxylic acids is 1. The topological polar surface area (TPSA) is 60.5 Å². The maximum absolute atomic E-state index is 12.7. The SMILES string of the molecule is CC(NC(=O)c1ccc(-c2nc3ccccc3s2)s1)c1ccc2c(c1)OCO2. The maximum Gasteiger partial charge on any atom is 0.261 e. The van der Waals surface area contributed by atoms with E-state index in [0.29, 0.717) is 10.6 Å². The van der Waals surface area contributed by atoms with Crippen LogP contribution >= 0.6 is 22.7 Å². The fourth-order valence-corrected chi connectivity index (χ4v) is 5.02. The van der Waals surface area contributed by atoms with E-state index in [1.54, 1.807) is 11.3 Å². The monoisotopic (exact) mass is 408 g/mol. The Hall–Kier alpha value is -2.90. The van der Waals surface area contributed by atoms with Gasteiger partial charge in [0, 0.05) is 0 Å². The lowest BCUT2D eigenvalue weighted by molar-refractivity contribution is 0.0944. The molecule has 0 fully saturated rings. The molecule has 5 rings (SSSR count). The van der Waals surface area contributed by atoms with Crippen LogP contribution in [0.1, 0.15) is 28.2 Å². The number of nitrogens with one attached hydrogen (secondary N) is 1. The van der Waals surface area contributed by atoms with E-state index in [0.717, 1.165) is 31.4 Å². The van der Waals surface area contributed by atoms with Crippen molar-refractivity contribution in [3.63, 3.8) is 0 Å². The molecule has 0 saturated carbocycles. The van der Waals surface area contributed by atoms with Crippen LogP contribution in [0, 0.1) is 0 Å². The van der Waals surface area contributed by atoms with Gasteiger partial charge in [-0.1, -0.05) is 18.2 Å². The Morgan fingerprint density at radius 3 is 2.82 bits per heavy atom. The predicted molar refractivity (Wildman–Crippen MR) is 111 cm³/mol. The Kier molecular flexibility index (Phi) is 4.26. The molecule has 1 unspecified atom stereocenters. The number of aromatic nitrogens is 1. The summed E-state index contributed by atoms with van der Waals surface area (Å²) in [6.07, 6.45) is 0. The lowest BCUT2D eigenvalue weighted by Crippen LogP contribution is -2.25. The second-order valence-corrected chi connectivity index (χ2v) is 8.57. The first kappa shape index (κ1) is 17.2. The van der Waals surface area contributed by atoms with Gasteiger partial charge in [-0.2, -0.15) is 0 Å². The third-order valence-electron chi connectivity index (χ3n) is 4.58. The van der Waals surface area contributed by atoms with E-state index in [1.807, 2.05) is 55.5 Å². The van der Waals surface area contributed by atoms with Crippen LogP contribution in [0.5, 0.6) is 11.5 Å². The van der Waals surface area contributed by atoms with Crippen LogP contribution in [0.2, 0.25) is 0 Å². The van der Waals surface area contributed by atoms with Crippen molar-refractivity contribution in [3.8, 4) is 21.4 Å². The highest BCUT2D eigenvalue weighted by atomic mass is 32.1. The summed E-state index contributed by atoms with van der Waals surface area (Å²) in [6.45, 7) is 2.20. The summed E-state index contributed by atoms with van der Waals surface area (Å²) in [5, 5.41) is 3.99. The van der Waals surface area contributed by atoms with Crippen molar-refractivity contribution < 1.29 is 14.3 Å². The molecule has 0 aliphatic carbocycles. The molecule has 1 amide bonds. The highest BCUT2D eigenvalue weighted by Crippen LogP contribution is 2.36. The van der Waals surface area contributed by atoms with E-state index in [9.17, 15) is 4.79 Å². The molecule has 0 bridgehead atoms. The summed E-state index contributed by atoms with van der Waals surface area (Å²) in [4.78, 5) is 19.0. The molecular formula is C21H16N2O3S2. The molecule has 1 atom stereocenters. The van der Waals surface area contributed by atoms with E-state index < -0.39 is 0 Å². The summed E-state index contributed by atoms with van der Waals surface area (Å²) in [6, 6.07) is 17.5. The van der Waals surface area contributed by atoms with E-state index in [4.69, 9.17) is 9.47 Å². The lowest BCUT2D eigenvalue weighted by atomic mass is 10.1. The summed E-state index contributed by atoms with van der Waals surface area (Å²) < 4.78 is 11.9. The van der Waals surface area contributed by atoms with Gasteiger partial charge in [-0.3, -0.25) is 4.79 Å². The van der Waals surface area contributed by atoms with E-state index >= 15 is 0 Å². The number of rotatable bonds is 4. The van der Waals surface area contributed by atoms with Crippen molar-refractivity contribution in [1.29, 1.82) is 0 Å². The average Bonchev–Trinajstić information content (AvgIpc) is 3.45. The van der Waals surface area contributed by atoms with Crippen molar-refractivity contribution >= 4 is 38.8 Å². The quantitative estimate of drug-likeness (QED) is 0.501. The zero-order chi connectivity index (χ0) is 19.1. The molecule has 2 aromatic carbocycles. The van der Waals surface area contributed by atoms with Gasteiger partial charge >= 0.3 is 0 Å². The molecule has 0 spiro atoms. The van der Waals surface area contributed by atoms with Crippen LogP contribution in [0.4, 0.5) is 0 Å². The standard InChI is InChI=1S/C21H16N2O3S2/c1-12(13-6-7-15-16(10-13)26-11-25-15)22-20(24)18-8-9-19(27-18)21-23-14-4-2-3-5-17(14)28-21/h2-10,12H,11H2,1H3,(H,22,24). The van der Waals surface area contributed by atoms with Crippen LogP contribution in [0.15, 0.2) is 54.6 Å². The number of fused-ring (bicyclic) bond motifs is 2. The third kappa shape index (κ3) is 3.12. The summed E-state index contributed by atoms with van der Waals surface area (Å²) >= 11 is 3.10. The summed E-state index contributed by atoms with van der Waals surface area (Å²) in [5.74, 6) is 1.36. The van der Waals surface area contributed by atoms with Crippen LogP contribution < -0.4 is 14.8 Å². The number of nitrogens with zero attached hydrogens (tertiary/aromatic N) is 1. The molecule has 1 aliphatic heterocycles. The highest BCUT2D eigenvalue weighted by molar-refractivity contribution is 7.26. The van der Waals surface area contributed by atoms with Crippen molar-refractivity contribution in [2.75, 3.05) is 6.79 Å². The second-order valence-electron chi connectivity index (χ2n) is 6.46. The minimum absolute atomic E-state index is 0.0949. The minimum atomic E-state index is -0.144. The van der Waals surface area contributed by atoms with Crippen molar-refractivity contribution in [3.05, 3.63) is 65.0 Å². The first-order chi connectivity index (χ1) is 13.7. The molecule has 4 aromatic rings. The van der Waals surface area contributed by atoms with Gasteiger partial charge < -0.3 is 14.8 Å². The zero-order valence-electron chi connectivity index (χ0n) is 15.0. The summed E-state index contributed by atoms with van der Waals surface area (Å²) in [7, 11) is 0. The zero-order valence-corrected chi connectivity index (χ0v) is 16.6. The Labute approximate surface area is 169 Å². The van der Waals surface area contributed by atoms with Gasteiger partial charge in [0.15, 0.2) is 11.5 Å². The molecule has 7 heteroatoms. The number of carbonyl (C=O) groups is 1. The first-order valence-corrected chi connectivity index (χ1v) is 10.5. The van der Waals surface area contributed by atoms with Gasteiger partial charge in [0.1, 0.15) is 5.01 Å². The predicted octanol–water partition coefficient (Wildman–Crippen LogP) is 5.24. The normalized spacial score (nSPS) is 13.6. The van der Waals surface area contributed by atoms with Gasteiger partial charge in [-0.05, 0) is 48.9 Å². The van der Waals surface area contributed by atoms with Crippen LogP contribution in [-0.2, 0) is 0 Å². The summed E-state index contributed by atoms with van der Waals surface area (Å²) in [5.41, 5.74) is 1.96. The average molecular weight is 409 g/mol. The van der Waals surface area contributed by atoms with Crippen LogP contribution in [0.3, 0.4) is 0 Å². The number of benzene rings is 2. The van der Waals surface area contributed by atoms with Gasteiger partial charge in [-0.25, -0.2) is 4.98 Å². The number of para-hydroxylation sites is 1. The Morgan fingerprint density at radius 2 is 1.93 bits per heavy atom. The van der Waals surface area contributed by atoms with Gasteiger partial charge in [0.2, 0.25) is 6.79 Å². The van der Waals surface area contributed by atoms with E-state index in [1.165, 1.54) is 11.3 Å². The molecule has 0 saturated heterocycles. The largest absolute Gasteiger partial charge is 0.454 e. The molecule has 1 N–H and O–H groups in total. The second kappa shape index (κ2) is 6.92. The number of hydrogen-bond acceptors (Lipinski definition) is 6. The molecule has 0 radical (unpaired) electrons. The van der Waals surface area contributed by atoms with E-state index in [-0.39, 0.29) is 18.7 Å². The third-order valence-corrected chi connectivity index (χ3v) is 6.87. The molecule has 28 heavy (non-hydrogen) atoms. The molecule has 140 valence electrons. The smallest absolute Gasteiger partial charge is 0.261 e. The number of thiophene rings is 1. The van der Waals surface area contributed by atoms with Gasteiger partial charge in [0.05, 0.1) is 26.0 Å². The van der Waals surface area contributed by atoms with Gasteiger partial charge in [0.25, 0.3) is 5.91 Å². The van der Waals surface area contributed by atoms with Crippen LogP contribution in [0.25, 0.3) is 20.1 Å². The molecule has 2 aromatic heterocycles. The van der Waals surface area contributed by atoms with E-state index in [2.05, 4.69) is 16.4 Å². The number of ether oxygens (including phenoxy) is 2. The number of amides is 1. The van der Waals surface area contributed by atoms with Gasteiger partial charge in [-0.15, -0.1) is 22.7 Å². The van der Waals surface area contributed by atoms with Crippen molar-refractivity contribution in [2.45, 2.75) is 13.0 Å². The van der Waals surface area contributed by atoms with Crippen molar-refractivity contribution in [1.82, 2.24) is 10.3 Å². The lowest BCUT2D eigenvalue weighted by Gasteiger charge is -2.14. The van der Waals surface area contributed by atoms with Crippen LogP contribution in [-0.4, -0.2) is 17.7 Å². The first-order valence-electron chi connectivity index (χ1n) is 8.83. The molecular weight excluding hydrogens is 392 g/mol. The Morgan fingerprint density at radius 1 is 1.07 bits per heavy atom. The molecule has 5 nitrogen and oxygen atoms in total. The fourth-order valence-electron chi connectivity index (χ4n) is 3.09. The van der Waals surface area contributed by atoms with Crippen molar-refractivity contribution in [2.24, 2.45) is 0 Å². The number of hydrogen-bond donors (Lipinski definition) is 1. The minimum Gasteiger partial charge on any atom is -0.454 e. The Balaban J connectivity index is 1.33. The fraction of sp³-hybridized carbons (Fsp3) is 0.143. The molecule has 3 heterocycles. The maximum atomic E-state index is 12.7. The number of thiazole rings is 1. The molecule has 1 aliphatic rings.